The number of piperazine rings is 1. The van der Waals surface area contributed by atoms with Gasteiger partial charge in [-0.1, -0.05) is 41.6 Å². The van der Waals surface area contributed by atoms with Crippen LogP contribution in [-0.4, -0.2) is 42.8 Å². The molecular formula is C18H21ClN2OS. The Bertz CT molecular complexity index is 629. The lowest BCUT2D eigenvalue weighted by Crippen LogP contribution is -2.46. The molecule has 122 valence electrons. The van der Waals surface area contributed by atoms with E-state index in [1.807, 2.05) is 36.4 Å². The first-order valence-electron chi connectivity index (χ1n) is 7.86. The molecule has 2 N–H and O–H groups in total. The number of nitrogens with zero attached hydrogens (tertiary/aromatic N) is 1. The van der Waals surface area contributed by atoms with E-state index >= 15 is 0 Å². The third-order valence-electron chi connectivity index (χ3n) is 4.08. The monoisotopic (exact) mass is 348 g/mol. The molecule has 1 aliphatic heterocycles. The number of nitrogens with one attached hydrogen (secondary N) is 1. The van der Waals surface area contributed by atoms with Gasteiger partial charge in [-0.25, -0.2) is 0 Å². The van der Waals surface area contributed by atoms with Gasteiger partial charge in [0, 0.05) is 41.0 Å². The quantitative estimate of drug-likeness (QED) is 0.867. The lowest BCUT2D eigenvalue weighted by molar-refractivity contribution is 0.109. The van der Waals surface area contributed by atoms with Crippen molar-refractivity contribution in [1.82, 2.24) is 10.2 Å². The van der Waals surface area contributed by atoms with E-state index in [0.717, 1.165) is 36.1 Å². The smallest absolute Gasteiger partial charge is 0.0629 e. The van der Waals surface area contributed by atoms with Crippen LogP contribution in [0.25, 0.3) is 0 Å². The minimum absolute atomic E-state index is 0.0492. The fraction of sp³-hybridized carbons (Fsp3) is 0.333. The molecule has 1 heterocycles. The van der Waals surface area contributed by atoms with Crippen LogP contribution in [-0.2, 0) is 0 Å². The Labute approximate surface area is 146 Å². The minimum Gasteiger partial charge on any atom is -0.394 e. The van der Waals surface area contributed by atoms with Gasteiger partial charge in [0.1, 0.15) is 0 Å². The summed E-state index contributed by atoms with van der Waals surface area (Å²) in [6, 6.07) is 16.3. The van der Waals surface area contributed by atoms with Gasteiger partial charge in [0.2, 0.25) is 0 Å². The van der Waals surface area contributed by atoms with Crippen LogP contribution < -0.4 is 5.32 Å². The van der Waals surface area contributed by atoms with E-state index in [1.54, 1.807) is 11.8 Å². The van der Waals surface area contributed by atoms with Crippen LogP contribution in [0.1, 0.15) is 11.6 Å². The topological polar surface area (TPSA) is 35.5 Å². The molecule has 0 unspecified atom stereocenters. The Hall–Kier alpha value is -1.04. The number of hydrogen-bond acceptors (Lipinski definition) is 4. The standard InChI is InChI=1S/C18H21ClN2OS/c19-14-5-7-15(8-6-14)23-18-4-2-1-3-16(18)17(13-22)21-11-9-20-10-12-21/h1-8,17,20,22H,9-13H2/t17-/m0/s1. The Balaban J connectivity index is 1.85. The molecule has 3 nitrogen and oxygen atoms in total. The van der Waals surface area contributed by atoms with Crippen LogP contribution in [0.4, 0.5) is 0 Å². The summed E-state index contributed by atoms with van der Waals surface area (Å²) in [5.41, 5.74) is 1.19. The zero-order valence-electron chi connectivity index (χ0n) is 12.9. The van der Waals surface area contributed by atoms with Crippen molar-refractivity contribution in [3.8, 4) is 0 Å². The van der Waals surface area contributed by atoms with E-state index in [9.17, 15) is 5.11 Å². The van der Waals surface area contributed by atoms with E-state index in [-0.39, 0.29) is 12.6 Å². The fourth-order valence-electron chi connectivity index (χ4n) is 2.88. The SMILES string of the molecule is OC[C@@H](c1ccccc1Sc1ccc(Cl)cc1)N1CCNCC1. The molecule has 0 aliphatic carbocycles. The highest BCUT2D eigenvalue weighted by Gasteiger charge is 2.23. The van der Waals surface area contributed by atoms with Gasteiger partial charge >= 0.3 is 0 Å². The molecule has 1 saturated heterocycles. The number of rotatable bonds is 5. The number of aliphatic hydroxyl groups is 1. The molecule has 1 aliphatic rings. The van der Waals surface area contributed by atoms with Crippen LogP contribution in [0, 0.1) is 0 Å². The van der Waals surface area contributed by atoms with Gasteiger partial charge in [0.25, 0.3) is 0 Å². The van der Waals surface area contributed by atoms with Crippen molar-refractivity contribution in [2.45, 2.75) is 15.8 Å². The molecule has 1 fully saturated rings. The van der Waals surface area contributed by atoms with Gasteiger partial charge in [-0.3, -0.25) is 4.90 Å². The van der Waals surface area contributed by atoms with Crippen molar-refractivity contribution in [3.05, 3.63) is 59.1 Å². The highest BCUT2D eigenvalue weighted by atomic mass is 35.5. The predicted octanol–water partition coefficient (Wildman–Crippen LogP) is 3.43. The van der Waals surface area contributed by atoms with E-state index in [0.29, 0.717) is 0 Å². The highest BCUT2D eigenvalue weighted by Crippen LogP contribution is 2.35. The highest BCUT2D eigenvalue weighted by molar-refractivity contribution is 7.99. The lowest BCUT2D eigenvalue weighted by Gasteiger charge is -2.35. The minimum atomic E-state index is 0.0492. The van der Waals surface area contributed by atoms with Gasteiger partial charge in [0.15, 0.2) is 0 Å². The lowest BCUT2D eigenvalue weighted by atomic mass is 10.1. The van der Waals surface area contributed by atoms with Crippen molar-refractivity contribution in [2.24, 2.45) is 0 Å². The molecule has 0 aromatic heterocycles. The average Bonchev–Trinajstić information content (AvgIpc) is 2.60. The van der Waals surface area contributed by atoms with Crippen molar-refractivity contribution in [3.63, 3.8) is 0 Å². The first-order valence-corrected chi connectivity index (χ1v) is 9.05. The van der Waals surface area contributed by atoms with Crippen LogP contribution in [0.2, 0.25) is 5.02 Å². The summed E-state index contributed by atoms with van der Waals surface area (Å²) in [6.45, 7) is 4.01. The second kappa shape index (κ2) is 8.18. The van der Waals surface area contributed by atoms with Crippen LogP contribution in [0.15, 0.2) is 58.3 Å². The van der Waals surface area contributed by atoms with Gasteiger partial charge in [-0.15, -0.1) is 0 Å². The number of halogens is 1. The molecule has 1 atom stereocenters. The Morgan fingerprint density at radius 2 is 1.78 bits per heavy atom. The summed E-state index contributed by atoms with van der Waals surface area (Å²) in [4.78, 5) is 4.70. The first-order chi connectivity index (χ1) is 11.3. The maximum atomic E-state index is 9.97. The third-order valence-corrected chi connectivity index (χ3v) is 5.44. The molecule has 2 aromatic rings. The van der Waals surface area contributed by atoms with Crippen LogP contribution in [0.5, 0.6) is 0 Å². The first kappa shape index (κ1) is 16.8. The second-order valence-corrected chi connectivity index (χ2v) is 7.13. The van der Waals surface area contributed by atoms with Gasteiger partial charge in [-0.05, 0) is 35.9 Å². The van der Waals surface area contributed by atoms with Crippen LogP contribution >= 0.6 is 23.4 Å². The van der Waals surface area contributed by atoms with Crippen molar-refractivity contribution in [1.29, 1.82) is 0 Å². The summed E-state index contributed by atoms with van der Waals surface area (Å²) in [6.07, 6.45) is 0. The molecule has 3 rings (SSSR count). The van der Waals surface area contributed by atoms with Gasteiger partial charge < -0.3 is 10.4 Å². The zero-order chi connectivity index (χ0) is 16.1. The number of benzene rings is 2. The Morgan fingerprint density at radius 3 is 2.48 bits per heavy atom. The maximum Gasteiger partial charge on any atom is 0.0629 e. The van der Waals surface area contributed by atoms with E-state index in [4.69, 9.17) is 11.6 Å². The molecule has 0 spiro atoms. The van der Waals surface area contributed by atoms with Crippen molar-refractivity contribution in [2.75, 3.05) is 32.8 Å². The normalized spacial score (nSPS) is 17.1. The molecule has 0 radical (unpaired) electrons. The van der Waals surface area contributed by atoms with E-state index in [1.165, 1.54) is 10.5 Å². The summed E-state index contributed by atoms with van der Waals surface area (Å²) < 4.78 is 0. The van der Waals surface area contributed by atoms with Gasteiger partial charge in [0.05, 0.1) is 12.6 Å². The van der Waals surface area contributed by atoms with Crippen molar-refractivity contribution < 1.29 is 5.11 Å². The fourth-order valence-corrected chi connectivity index (χ4v) is 4.00. The molecule has 23 heavy (non-hydrogen) atoms. The summed E-state index contributed by atoms with van der Waals surface area (Å²) in [5.74, 6) is 0. The molecular weight excluding hydrogens is 328 g/mol. The van der Waals surface area contributed by atoms with Gasteiger partial charge in [-0.2, -0.15) is 0 Å². The summed E-state index contributed by atoms with van der Waals surface area (Å²) >= 11 is 7.68. The second-order valence-electron chi connectivity index (χ2n) is 5.58. The molecule has 5 heteroatoms. The Kier molecular flexibility index (Phi) is 5.97. The maximum absolute atomic E-state index is 9.97. The Morgan fingerprint density at radius 1 is 1.09 bits per heavy atom. The zero-order valence-corrected chi connectivity index (χ0v) is 14.5. The van der Waals surface area contributed by atoms with E-state index in [2.05, 4.69) is 22.3 Å². The van der Waals surface area contributed by atoms with Crippen LogP contribution in [0.3, 0.4) is 0 Å². The number of aliphatic hydroxyl groups excluding tert-OH is 1. The molecule has 2 aromatic carbocycles. The third kappa shape index (κ3) is 4.28. The molecule has 0 saturated carbocycles. The molecule has 0 bridgehead atoms. The summed E-state index contributed by atoms with van der Waals surface area (Å²) in [5, 5.41) is 14.1. The van der Waals surface area contributed by atoms with Crippen molar-refractivity contribution >= 4 is 23.4 Å². The average molecular weight is 349 g/mol. The van der Waals surface area contributed by atoms with E-state index < -0.39 is 0 Å². The largest absolute Gasteiger partial charge is 0.394 e. The number of hydrogen-bond donors (Lipinski definition) is 2. The summed E-state index contributed by atoms with van der Waals surface area (Å²) in [7, 11) is 0. The molecule has 0 amide bonds. The predicted molar refractivity (Wildman–Crippen MR) is 96.3 cm³/mol.